The van der Waals surface area contributed by atoms with Crippen molar-refractivity contribution < 1.29 is 9.90 Å². The van der Waals surface area contributed by atoms with Crippen molar-refractivity contribution in [3.05, 3.63) is 34.3 Å². The number of hydrogen-bond donors (Lipinski definition) is 4. The maximum absolute atomic E-state index is 12.1. The number of halogens is 2. The summed E-state index contributed by atoms with van der Waals surface area (Å²) >= 11 is 3.37. The van der Waals surface area contributed by atoms with Crippen molar-refractivity contribution in [3.8, 4) is 0 Å². The Morgan fingerprint density at radius 3 is 2.65 bits per heavy atom. The van der Waals surface area contributed by atoms with Crippen LogP contribution in [0.5, 0.6) is 0 Å². The molecule has 146 valence electrons. The van der Waals surface area contributed by atoms with E-state index in [1.165, 1.54) is 0 Å². The summed E-state index contributed by atoms with van der Waals surface area (Å²) in [6, 6.07) is 7.65. The largest absolute Gasteiger partial charge is 0.393 e. The molecule has 1 fully saturated rings. The number of benzene rings is 1. The van der Waals surface area contributed by atoms with Crippen molar-refractivity contribution in [2.24, 2.45) is 4.99 Å². The minimum atomic E-state index is -0.161. The minimum Gasteiger partial charge on any atom is -0.393 e. The number of nitrogens with one attached hydrogen (secondary N) is 3. The number of aliphatic hydroxyl groups is 1. The van der Waals surface area contributed by atoms with E-state index in [9.17, 15) is 9.90 Å². The van der Waals surface area contributed by atoms with Gasteiger partial charge in [0.25, 0.3) is 5.91 Å². The molecule has 0 saturated heterocycles. The first-order chi connectivity index (χ1) is 12.1. The van der Waals surface area contributed by atoms with Crippen LogP contribution in [-0.2, 0) is 0 Å². The standard InChI is InChI=1S/C18H27BrN4O2.HI/c1-2-20-18(23-15-6-8-16(24)9-7-15)22-11-10-21-17(25)13-4-3-5-14(19)12-13;/h3-5,12,15-16,24H,2,6-11H2,1H3,(H,21,25)(H2,20,22,23);1H. The fourth-order valence-electron chi connectivity index (χ4n) is 2.80. The van der Waals surface area contributed by atoms with Gasteiger partial charge in [-0.3, -0.25) is 9.79 Å². The second-order valence-corrected chi connectivity index (χ2v) is 7.09. The Hall–Kier alpha value is -0.870. The lowest BCUT2D eigenvalue weighted by atomic mass is 9.93. The molecule has 1 saturated carbocycles. The van der Waals surface area contributed by atoms with Crippen LogP contribution in [0.15, 0.2) is 33.7 Å². The first-order valence-electron chi connectivity index (χ1n) is 8.85. The summed E-state index contributed by atoms with van der Waals surface area (Å²) in [6.45, 7) is 3.79. The van der Waals surface area contributed by atoms with E-state index in [1.807, 2.05) is 19.1 Å². The van der Waals surface area contributed by atoms with E-state index in [2.05, 4.69) is 36.9 Å². The zero-order valence-corrected chi connectivity index (χ0v) is 18.9. The van der Waals surface area contributed by atoms with Gasteiger partial charge in [0.05, 0.1) is 12.6 Å². The van der Waals surface area contributed by atoms with E-state index in [-0.39, 0.29) is 36.0 Å². The molecular formula is C18H28BrIN4O2. The molecule has 6 nitrogen and oxygen atoms in total. The second kappa shape index (κ2) is 12.5. The highest BCUT2D eigenvalue weighted by Gasteiger charge is 2.19. The van der Waals surface area contributed by atoms with Crippen LogP contribution in [0, 0.1) is 0 Å². The highest BCUT2D eigenvalue weighted by molar-refractivity contribution is 14.0. The molecule has 0 radical (unpaired) electrons. The minimum absolute atomic E-state index is 0. The average molecular weight is 539 g/mol. The van der Waals surface area contributed by atoms with E-state index in [1.54, 1.807) is 12.1 Å². The van der Waals surface area contributed by atoms with Crippen LogP contribution in [-0.4, -0.2) is 48.8 Å². The number of rotatable bonds is 6. The number of guanidine groups is 1. The first kappa shape index (κ1) is 23.2. The Morgan fingerprint density at radius 2 is 2.00 bits per heavy atom. The lowest BCUT2D eigenvalue weighted by Gasteiger charge is -2.27. The third kappa shape index (κ3) is 8.22. The molecule has 1 aromatic carbocycles. The molecule has 1 aromatic rings. The number of carbonyl (C=O) groups excluding carboxylic acids is 1. The number of nitrogens with zero attached hydrogens (tertiary/aromatic N) is 1. The van der Waals surface area contributed by atoms with Crippen LogP contribution in [0.3, 0.4) is 0 Å². The topological polar surface area (TPSA) is 85.8 Å². The fourth-order valence-corrected chi connectivity index (χ4v) is 3.20. The monoisotopic (exact) mass is 538 g/mol. The molecule has 0 aliphatic heterocycles. The molecule has 0 unspecified atom stereocenters. The van der Waals surface area contributed by atoms with Crippen molar-refractivity contribution in [3.63, 3.8) is 0 Å². The Kier molecular flexibility index (Phi) is 11.1. The molecule has 2 rings (SSSR count). The highest BCUT2D eigenvalue weighted by atomic mass is 127. The molecule has 0 heterocycles. The summed E-state index contributed by atoms with van der Waals surface area (Å²) in [4.78, 5) is 16.6. The van der Waals surface area contributed by atoms with Crippen molar-refractivity contribution in [1.29, 1.82) is 0 Å². The van der Waals surface area contributed by atoms with Gasteiger partial charge in [-0.1, -0.05) is 22.0 Å². The van der Waals surface area contributed by atoms with Gasteiger partial charge in [0, 0.05) is 29.2 Å². The Morgan fingerprint density at radius 1 is 1.27 bits per heavy atom. The van der Waals surface area contributed by atoms with Crippen molar-refractivity contribution in [2.75, 3.05) is 19.6 Å². The number of amides is 1. The molecule has 26 heavy (non-hydrogen) atoms. The zero-order chi connectivity index (χ0) is 18.1. The van der Waals surface area contributed by atoms with Gasteiger partial charge in [-0.2, -0.15) is 0 Å². The Balaban J connectivity index is 0.00000338. The van der Waals surface area contributed by atoms with E-state index < -0.39 is 0 Å². The van der Waals surface area contributed by atoms with Crippen molar-refractivity contribution in [2.45, 2.75) is 44.8 Å². The van der Waals surface area contributed by atoms with Gasteiger partial charge in [0.2, 0.25) is 0 Å². The molecule has 0 aromatic heterocycles. The number of aliphatic hydroxyl groups excluding tert-OH is 1. The third-order valence-electron chi connectivity index (χ3n) is 4.14. The Labute approximate surface area is 180 Å². The van der Waals surface area contributed by atoms with Crippen LogP contribution in [0.25, 0.3) is 0 Å². The summed E-state index contributed by atoms with van der Waals surface area (Å²) in [5, 5.41) is 19.1. The van der Waals surface area contributed by atoms with E-state index >= 15 is 0 Å². The van der Waals surface area contributed by atoms with Gasteiger partial charge in [-0.25, -0.2) is 0 Å². The lowest BCUT2D eigenvalue weighted by molar-refractivity contribution is 0.0954. The molecule has 0 spiro atoms. The normalized spacial score (nSPS) is 20.0. The Bertz CT molecular complexity index is 592. The van der Waals surface area contributed by atoms with Gasteiger partial charge in [0.15, 0.2) is 5.96 Å². The van der Waals surface area contributed by atoms with Crippen molar-refractivity contribution in [1.82, 2.24) is 16.0 Å². The van der Waals surface area contributed by atoms with E-state index in [4.69, 9.17) is 0 Å². The molecule has 1 aliphatic carbocycles. The van der Waals surface area contributed by atoms with E-state index in [0.29, 0.717) is 24.7 Å². The maximum atomic E-state index is 12.1. The summed E-state index contributed by atoms with van der Waals surface area (Å²) in [6.07, 6.45) is 3.40. The predicted molar refractivity (Wildman–Crippen MR) is 119 cm³/mol. The third-order valence-corrected chi connectivity index (χ3v) is 4.63. The fraction of sp³-hybridized carbons (Fsp3) is 0.556. The molecule has 0 atom stereocenters. The predicted octanol–water partition coefficient (Wildman–Crippen LogP) is 2.66. The van der Waals surface area contributed by atoms with Gasteiger partial charge < -0.3 is 21.1 Å². The highest BCUT2D eigenvalue weighted by Crippen LogP contribution is 2.18. The summed E-state index contributed by atoms with van der Waals surface area (Å²) in [7, 11) is 0. The summed E-state index contributed by atoms with van der Waals surface area (Å²) < 4.78 is 0.884. The molecule has 8 heteroatoms. The lowest BCUT2D eigenvalue weighted by Crippen LogP contribution is -2.45. The van der Waals surface area contributed by atoms with E-state index in [0.717, 1.165) is 42.7 Å². The van der Waals surface area contributed by atoms with Gasteiger partial charge in [-0.15, -0.1) is 24.0 Å². The molecule has 1 amide bonds. The van der Waals surface area contributed by atoms with Crippen LogP contribution in [0.1, 0.15) is 43.0 Å². The van der Waals surface area contributed by atoms with Gasteiger partial charge >= 0.3 is 0 Å². The number of carbonyl (C=O) groups is 1. The van der Waals surface area contributed by atoms with Gasteiger partial charge in [-0.05, 0) is 50.8 Å². The summed E-state index contributed by atoms with van der Waals surface area (Å²) in [5.74, 6) is 0.663. The van der Waals surface area contributed by atoms with Crippen LogP contribution in [0.4, 0.5) is 0 Å². The maximum Gasteiger partial charge on any atom is 0.251 e. The average Bonchev–Trinajstić information content (AvgIpc) is 2.60. The number of aliphatic imine (C=N–C) groups is 1. The number of hydrogen-bond acceptors (Lipinski definition) is 3. The smallest absolute Gasteiger partial charge is 0.251 e. The van der Waals surface area contributed by atoms with Crippen LogP contribution in [0.2, 0.25) is 0 Å². The van der Waals surface area contributed by atoms with Crippen LogP contribution >= 0.6 is 39.9 Å². The van der Waals surface area contributed by atoms with Crippen LogP contribution < -0.4 is 16.0 Å². The SMILES string of the molecule is CCNC(=NCCNC(=O)c1cccc(Br)c1)NC1CCC(O)CC1.I. The molecule has 0 bridgehead atoms. The molecule has 4 N–H and O–H groups in total. The molecule has 1 aliphatic rings. The molecular weight excluding hydrogens is 511 g/mol. The zero-order valence-electron chi connectivity index (χ0n) is 15.0. The van der Waals surface area contributed by atoms with Gasteiger partial charge in [0.1, 0.15) is 0 Å². The second-order valence-electron chi connectivity index (χ2n) is 6.18. The van der Waals surface area contributed by atoms with Crippen molar-refractivity contribution >= 4 is 51.8 Å². The quantitative estimate of drug-likeness (QED) is 0.194. The first-order valence-corrected chi connectivity index (χ1v) is 9.64. The summed E-state index contributed by atoms with van der Waals surface area (Å²) in [5.41, 5.74) is 0.629.